The van der Waals surface area contributed by atoms with Crippen LogP contribution in [0.2, 0.25) is 0 Å². The summed E-state index contributed by atoms with van der Waals surface area (Å²) in [6.07, 6.45) is 16.7. The number of nitrogens with one attached hydrogen (secondary N) is 4. The molecule has 19 rings (SSSR count). The SMILES string of the molecule is CCCCc1ccc(Nc2ccc(Nc3ccc(CCCC)cc3)c3c2C(=O)c2c(Sc4ccc(CCCC)cc4)ccc(Sc4ccc(C(C)(C)C)cc4)c2C3=O)cc1.CCCCc1ccc(Nc2cccc3c2C(=O)c2cccc(Nc4ccc(CCCC)cc4)c2C3=O)cc1.Cc1ccc(Sc2ccc(Sc3ccc(C)cc3)c3c2C(=O)c2c(Sc4ccc(C)cc4)ccc(Sc4ccc(C)cc4)c2C3=O)cc1. The molecule has 0 heterocycles. The molecule has 0 amide bonds. The summed E-state index contributed by atoms with van der Waals surface area (Å²) in [4.78, 5) is 99.5. The van der Waals surface area contributed by atoms with Crippen molar-refractivity contribution >= 4 is 151 Å². The summed E-state index contributed by atoms with van der Waals surface area (Å²) >= 11 is 9.22. The van der Waals surface area contributed by atoms with Gasteiger partial charge in [-0.3, -0.25) is 28.8 Å². The Kier molecular flexibility index (Phi) is 34.6. The minimum atomic E-state index is -0.161. The van der Waals surface area contributed by atoms with E-state index in [1.54, 1.807) is 23.9 Å². The lowest BCUT2D eigenvalue weighted by Gasteiger charge is -2.27. The molecule has 3 aliphatic rings. The molecule has 0 aliphatic heterocycles. The lowest BCUT2D eigenvalue weighted by Crippen LogP contribution is -2.25. The average molecular weight is 2030 g/mol. The van der Waals surface area contributed by atoms with E-state index < -0.39 is 0 Å². The minimum absolute atomic E-state index is 0.0175. The first kappa shape index (κ1) is 104. The first-order valence-electron chi connectivity index (χ1n) is 51.1. The molecule has 736 valence electrons. The Hall–Kier alpha value is -13.2. The second-order valence-corrected chi connectivity index (χ2v) is 45.6. The molecule has 0 saturated heterocycles. The van der Waals surface area contributed by atoms with Gasteiger partial charge in [0.05, 0.1) is 45.0 Å². The van der Waals surface area contributed by atoms with E-state index >= 15 is 19.2 Å². The van der Waals surface area contributed by atoms with E-state index in [-0.39, 0.29) is 40.1 Å². The molecule has 0 fully saturated rings. The normalized spacial score (nSPS) is 12.2. The van der Waals surface area contributed by atoms with Gasteiger partial charge in [-0.2, -0.15) is 0 Å². The van der Waals surface area contributed by atoms with Gasteiger partial charge in [0.15, 0.2) is 34.7 Å². The number of carbonyl (C=O) groups excluding carboxylic acids is 6. The highest BCUT2D eigenvalue weighted by Crippen LogP contribution is 2.52. The maximum Gasteiger partial charge on any atom is 0.197 e. The van der Waals surface area contributed by atoms with Gasteiger partial charge in [-0.05, 0) is 313 Å². The average Bonchev–Trinajstić information content (AvgIpc) is 0.721. The van der Waals surface area contributed by atoms with E-state index in [0.717, 1.165) is 178 Å². The topological polar surface area (TPSA) is 151 Å². The molecule has 0 spiro atoms. The Morgan fingerprint density at radius 2 is 0.404 bits per heavy atom. The summed E-state index contributed by atoms with van der Waals surface area (Å²) in [5.74, 6) is -0.825. The molecule has 0 radical (unpaired) electrons. The molecule has 0 atom stereocenters. The van der Waals surface area contributed by atoms with Crippen LogP contribution in [0.25, 0.3) is 0 Å². The number of hydrogen-bond donors (Lipinski definition) is 4. The zero-order valence-electron chi connectivity index (χ0n) is 85.2. The number of hydrogen-bond acceptors (Lipinski definition) is 16. The minimum Gasteiger partial charge on any atom is -0.355 e. The number of ketones is 6. The highest BCUT2D eigenvalue weighted by Gasteiger charge is 2.42. The second-order valence-electron chi connectivity index (χ2n) is 38.9. The fourth-order valence-electron chi connectivity index (χ4n) is 18.3. The van der Waals surface area contributed by atoms with Crippen LogP contribution in [-0.4, -0.2) is 34.7 Å². The summed E-state index contributed by atoms with van der Waals surface area (Å²) in [5.41, 5.74) is 23.8. The van der Waals surface area contributed by atoms with Crippen LogP contribution < -0.4 is 21.3 Å². The number of benzene rings is 16. The van der Waals surface area contributed by atoms with Gasteiger partial charge in [-0.1, -0.05) is 326 Å². The van der Waals surface area contributed by atoms with Crippen LogP contribution >= 0.6 is 70.6 Å². The molecule has 16 aromatic rings. The smallest absolute Gasteiger partial charge is 0.197 e. The van der Waals surface area contributed by atoms with E-state index in [2.05, 4.69) is 323 Å². The fraction of sp³-hybridized carbons (Fsp3) is 0.215. The number of rotatable bonds is 35. The van der Waals surface area contributed by atoms with Gasteiger partial charge in [0.2, 0.25) is 0 Å². The van der Waals surface area contributed by atoms with Crippen molar-refractivity contribution in [2.45, 2.75) is 244 Å². The molecule has 16 aromatic carbocycles. The number of unbranched alkanes of at least 4 members (excludes halogenated alkanes) is 5. The second kappa shape index (κ2) is 48.4. The molecule has 3 aliphatic carbocycles. The van der Waals surface area contributed by atoms with Crippen molar-refractivity contribution in [2.24, 2.45) is 0 Å². The Morgan fingerprint density at radius 3 is 0.623 bits per heavy atom. The molecular formula is C130H124N4O6S6. The predicted octanol–water partition coefficient (Wildman–Crippen LogP) is 36.5. The van der Waals surface area contributed by atoms with Gasteiger partial charge >= 0.3 is 0 Å². The number of carbonyl (C=O) groups is 6. The quantitative estimate of drug-likeness (QED) is 0.0298. The zero-order chi connectivity index (χ0) is 102. The maximum absolute atomic E-state index is 15.5. The molecule has 16 heteroatoms. The monoisotopic (exact) mass is 2030 g/mol. The zero-order valence-corrected chi connectivity index (χ0v) is 90.1. The summed E-state index contributed by atoms with van der Waals surface area (Å²) < 4.78 is 0. The van der Waals surface area contributed by atoms with Gasteiger partial charge in [0, 0.05) is 126 Å². The number of aryl methyl sites for hydroxylation is 9. The van der Waals surface area contributed by atoms with Crippen molar-refractivity contribution in [2.75, 3.05) is 21.3 Å². The lowest BCUT2D eigenvalue weighted by molar-refractivity contribution is 0.0970. The fourth-order valence-corrected chi connectivity index (χ4v) is 24.0. The van der Waals surface area contributed by atoms with Gasteiger partial charge in [0.25, 0.3) is 0 Å². The van der Waals surface area contributed by atoms with Crippen LogP contribution in [0.3, 0.4) is 0 Å². The van der Waals surface area contributed by atoms with E-state index in [9.17, 15) is 9.59 Å². The standard InChI is InChI=1S/C54H58N2O2S2.C42H32O2S4.C34H34N2O2/c1-7-10-13-36-16-24-40(25-17-36)55-44-32-33-45(56-41-26-18-37(19-27-41)14-11-8-2)49-48(44)52(57)50-46(59-42-28-20-38(21-29-42)15-12-9-3)34-35-47(51(50)53(49)58)60-43-30-22-39(23-31-43)54(4,5)6;1-25-5-13-29(14-6-25)45-33-21-22-34(46-30-15-7-26(2)8-16-30)38-37(33)41(43)39-35(47-31-17-9-27(3)10-18-31)23-24-36(40(39)42(38)44)48-32-19-11-28(4)12-20-32;1-3-5-9-23-15-19-25(20-16-23)35-29-13-7-11-27-31(29)33(37)28-12-8-14-30(32(28)34(27)38)36-26-21-17-24(18-22-26)10-6-4-2/h16-35,55-56H,7-15H2,1-6H3;5-24H,1-4H3;7-8,11-22,35-36H,3-6,9-10H2,1-2H3. The maximum atomic E-state index is 15.5. The van der Waals surface area contributed by atoms with Crippen molar-refractivity contribution in [3.8, 4) is 0 Å². The van der Waals surface area contributed by atoms with Gasteiger partial charge in [0.1, 0.15) is 0 Å². The Balaban J connectivity index is 0.000000154. The summed E-state index contributed by atoms with van der Waals surface area (Å²) in [5, 5.41) is 13.9. The summed E-state index contributed by atoms with van der Waals surface area (Å²) in [6, 6.07) is 111. The van der Waals surface area contributed by atoms with Crippen LogP contribution in [0, 0.1) is 27.7 Å². The molecule has 0 unspecified atom stereocenters. The Labute approximate surface area is 887 Å². The van der Waals surface area contributed by atoms with Crippen LogP contribution in [0.15, 0.2) is 386 Å². The first-order chi connectivity index (χ1) is 70.9. The number of anilines is 8. The third-order valence-corrected chi connectivity index (χ3v) is 33.0. The number of fused-ring (bicyclic) bond motifs is 6. The molecule has 0 saturated carbocycles. The van der Waals surface area contributed by atoms with Crippen LogP contribution in [-0.2, 0) is 37.5 Å². The van der Waals surface area contributed by atoms with Crippen molar-refractivity contribution in [3.05, 3.63) is 450 Å². The Bertz CT molecular complexity index is 7020. The highest BCUT2D eigenvalue weighted by molar-refractivity contribution is 8.01. The predicted molar refractivity (Wildman–Crippen MR) is 612 cm³/mol. The van der Waals surface area contributed by atoms with Gasteiger partial charge in [-0.25, -0.2) is 0 Å². The van der Waals surface area contributed by atoms with E-state index in [4.69, 9.17) is 0 Å². The van der Waals surface area contributed by atoms with Crippen molar-refractivity contribution in [1.29, 1.82) is 0 Å². The van der Waals surface area contributed by atoms with E-state index in [1.165, 1.54) is 114 Å². The van der Waals surface area contributed by atoms with E-state index in [0.29, 0.717) is 89.5 Å². The molecular weight excluding hydrogens is 1910 g/mol. The lowest BCUT2D eigenvalue weighted by atomic mass is 9.82. The van der Waals surface area contributed by atoms with Gasteiger partial charge < -0.3 is 21.3 Å². The molecule has 10 nitrogen and oxygen atoms in total. The van der Waals surface area contributed by atoms with Crippen LogP contribution in [0.4, 0.5) is 45.5 Å². The highest BCUT2D eigenvalue weighted by atomic mass is 32.2. The third-order valence-electron chi connectivity index (χ3n) is 26.6. The van der Waals surface area contributed by atoms with Crippen molar-refractivity contribution in [3.63, 3.8) is 0 Å². The molecule has 0 aromatic heterocycles. The summed E-state index contributed by atoms with van der Waals surface area (Å²) in [6.45, 7) is 25.9. The Morgan fingerprint density at radius 1 is 0.205 bits per heavy atom. The molecule has 146 heavy (non-hydrogen) atoms. The third kappa shape index (κ3) is 25.0. The molecule has 0 bridgehead atoms. The van der Waals surface area contributed by atoms with E-state index in [1.807, 2.05) is 97.1 Å². The molecule has 4 N–H and O–H groups in total. The largest absolute Gasteiger partial charge is 0.355 e. The van der Waals surface area contributed by atoms with Gasteiger partial charge in [-0.15, -0.1) is 0 Å². The van der Waals surface area contributed by atoms with Crippen LogP contribution in [0.1, 0.15) is 271 Å². The summed E-state index contributed by atoms with van der Waals surface area (Å²) in [7, 11) is 0. The van der Waals surface area contributed by atoms with Crippen molar-refractivity contribution < 1.29 is 28.8 Å². The first-order valence-corrected chi connectivity index (χ1v) is 56.0. The van der Waals surface area contributed by atoms with Crippen molar-refractivity contribution in [1.82, 2.24) is 0 Å². The van der Waals surface area contributed by atoms with Crippen LogP contribution in [0.5, 0.6) is 0 Å².